The Hall–Kier alpha value is -1.32. The maximum absolute atomic E-state index is 11.9. The Bertz CT molecular complexity index is 400. The smallest absolute Gasteiger partial charge is 0.407 e. The van der Waals surface area contributed by atoms with Gasteiger partial charge in [-0.1, -0.05) is 6.92 Å². The average molecular weight is 311 g/mol. The number of carbonyl (C=O) groups is 1. The molecule has 2 N–H and O–H groups in total. The number of nitrogens with zero attached hydrogens (tertiary/aromatic N) is 2. The van der Waals surface area contributed by atoms with Crippen molar-refractivity contribution in [2.75, 3.05) is 19.6 Å². The Morgan fingerprint density at radius 3 is 2.73 bits per heavy atom. The lowest BCUT2D eigenvalue weighted by Crippen LogP contribution is -2.52. The predicted octanol–water partition coefficient (Wildman–Crippen LogP) is 1.89. The number of carbonyl (C=O) groups excluding carboxylic acids is 1. The number of nitrogens with one attached hydrogen (secondary N) is 1. The van der Waals surface area contributed by atoms with E-state index in [0.29, 0.717) is 19.5 Å². The number of piperidine rings is 1. The zero-order chi connectivity index (χ0) is 16.8. The number of amides is 1. The number of nitriles is 1. The standard InChI is InChI=1S/C16H29N3O3/c1-5-14(20)9-12-8-13(11-19(10-12)7-6-17)18-15(21)22-16(2,3)4/h12-14,20H,5,7-11H2,1-4H3,(H,18,21). The molecule has 6 heteroatoms. The molecule has 0 aliphatic carbocycles. The minimum absolute atomic E-state index is 0.0500. The van der Waals surface area contributed by atoms with Gasteiger partial charge in [-0.15, -0.1) is 0 Å². The topological polar surface area (TPSA) is 85.6 Å². The van der Waals surface area contributed by atoms with Crippen molar-refractivity contribution < 1.29 is 14.6 Å². The average Bonchev–Trinajstić information content (AvgIpc) is 2.36. The number of ether oxygens (including phenoxy) is 1. The van der Waals surface area contributed by atoms with E-state index in [-0.39, 0.29) is 18.1 Å². The highest BCUT2D eigenvalue weighted by molar-refractivity contribution is 5.68. The summed E-state index contributed by atoms with van der Waals surface area (Å²) in [5.74, 6) is 0.275. The molecule has 1 aliphatic heterocycles. The summed E-state index contributed by atoms with van der Waals surface area (Å²) in [5, 5.41) is 21.6. The second kappa shape index (κ2) is 8.35. The summed E-state index contributed by atoms with van der Waals surface area (Å²) in [7, 11) is 0. The molecule has 0 radical (unpaired) electrons. The van der Waals surface area contributed by atoms with Crippen molar-refractivity contribution in [3.05, 3.63) is 0 Å². The molecule has 1 heterocycles. The van der Waals surface area contributed by atoms with E-state index in [9.17, 15) is 9.90 Å². The lowest BCUT2D eigenvalue weighted by atomic mass is 9.89. The highest BCUT2D eigenvalue weighted by Crippen LogP contribution is 2.22. The minimum Gasteiger partial charge on any atom is -0.444 e. The van der Waals surface area contributed by atoms with Crippen molar-refractivity contribution >= 4 is 6.09 Å². The van der Waals surface area contributed by atoms with E-state index in [2.05, 4.69) is 11.4 Å². The summed E-state index contributed by atoms with van der Waals surface area (Å²) in [5.41, 5.74) is -0.525. The molecule has 0 aromatic carbocycles. The van der Waals surface area contributed by atoms with Crippen LogP contribution in [0.2, 0.25) is 0 Å². The first kappa shape index (κ1) is 18.7. The van der Waals surface area contributed by atoms with Gasteiger partial charge in [0.05, 0.1) is 18.7 Å². The normalized spacial score (nSPS) is 24.4. The van der Waals surface area contributed by atoms with Crippen LogP contribution >= 0.6 is 0 Å². The van der Waals surface area contributed by atoms with Crippen LogP contribution in [0, 0.1) is 17.2 Å². The summed E-state index contributed by atoms with van der Waals surface area (Å²) >= 11 is 0. The van der Waals surface area contributed by atoms with Crippen LogP contribution in [0.3, 0.4) is 0 Å². The molecule has 0 saturated carbocycles. The third kappa shape index (κ3) is 7.10. The number of aliphatic hydroxyl groups excluding tert-OH is 1. The van der Waals surface area contributed by atoms with Crippen LogP contribution in [0.1, 0.15) is 47.0 Å². The van der Waals surface area contributed by atoms with Gasteiger partial charge >= 0.3 is 6.09 Å². The van der Waals surface area contributed by atoms with Gasteiger partial charge in [0.2, 0.25) is 0 Å². The predicted molar refractivity (Wildman–Crippen MR) is 84.2 cm³/mol. The molecule has 1 aliphatic rings. The van der Waals surface area contributed by atoms with Crippen molar-refractivity contribution in [2.24, 2.45) is 5.92 Å². The lowest BCUT2D eigenvalue weighted by molar-refractivity contribution is 0.0428. The van der Waals surface area contributed by atoms with E-state index in [1.54, 1.807) is 0 Å². The minimum atomic E-state index is -0.525. The van der Waals surface area contributed by atoms with E-state index in [1.165, 1.54) is 0 Å². The number of alkyl carbamates (subject to hydrolysis) is 1. The fraction of sp³-hybridized carbons (Fsp3) is 0.875. The highest BCUT2D eigenvalue weighted by Gasteiger charge is 2.30. The molecule has 1 saturated heterocycles. The van der Waals surface area contributed by atoms with Gasteiger partial charge in [-0.3, -0.25) is 4.90 Å². The van der Waals surface area contributed by atoms with E-state index < -0.39 is 11.7 Å². The number of rotatable bonds is 5. The molecule has 6 nitrogen and oxygen atoms in total. The molecule has 1 amide bonds. The Morgan fingerprint density at radius 1 is 1.50 bits per heavy atom. The van der Waals surface area contributed by atoms with Crippen LogP contribution in [0.15, 0.2) is 0 Å². The van der Waals surface area contributed by atoms with Gasteiger partial charge in [-0.2, -0.15) is 5.26 Å². The Kier molecular flexibility index (Phi) is 7.11. The zero-order valence-electron chi connectivity index (χ0n) is 14.1. The Morgan fingerprint density at radius 2 is 2.18 bits per heavy atom. The molecule has 3 atom stereocenters. The molecule has 1 rings (SSSR count). The first-order valence-corrected chi connectivity index (χ1v) is 8.00. The summed E-state index contributed by atoms with van der Waals surface area (Å²) in [6, 6.07) is 2.11. The van der Waals surface area contributed by atoms with Crippen molar-refractivity contribution in [1.82, 2.24) is 10.2 Å². The molecular weight excluding hydrogens is 282 g/mol. The van der Waals surface area contributed by atoms with E-state index in [0.717, 1.165) is 19.4 Å². The highest BCUT2D eigenvalue weighted by atomic mass is 16.6. The monoisotopic (exact) mass is 311 g/mol. The first-order chi connectivity index (χ1) is 10.2. The van der Waals surface area contributed by atoms with Crippen LogP contribution in [0.5, 0.6) is 0 Å². The zero-order valence-corrected chi connectivity index (χ0v) is 14.1. The largest absolute Gasteiger partial charge is 0.444 e. The van der Waals surface area contributed by atoms with E-state index in [1.807, 2.05) is 32.6 Å². The maximum atomic E-state index is 11.9. The van der Waals surface area contributed by atoms with Crippen molar-refractivity contribution in [2.45, 2.75) is 64.7 Å². The molecular formula is C16H29N3O3. The second-order valence-electron chi connectivity index (χ2n) is 7.09. The van der Waals surface area contributed by atoms with E-state index >= 15 is 0 Å². The molecule has 22 heavy (non-hydrogen) atoms. The molecule has 0 aromatic heterocycles. The molecule has 126 valence electrons. The van der Waals surface area contributed by atoms with Crippen LogP contribution in [0.4, 0.5) is 4.79 Å². The van der Waals surface area contributed by atoms with Gasteiger partial charge in [-0.05, 0) is 46.0 Å². The van der Waals surface area contributed by atoms with Gasteiger partial charge in [0.25, 0.3) is 0 Å². The fourth-order valence-corrected chi connectivity index (χ4v) is 2.83. The quantitative estimate of drug-likeness (QED) is 0.757. The summed E-state index contributed by atoms with van der Waals surface area (Å²) in [6.07, 6.45) is 1.47. The molecule has 0 bridgehead atoms. The third-order valence-electron chi connectivity index (χ3n) is 3.70. The van der Waals surface area contributed by atoms with Gasteiger partial charge < -0.3 is 15.2 Å². The van der Waals surface area contributed by atoms with Crippen molar-refractivity contribution in [3.8, 4) is 6.07 Å². The van der Waals surface area contributed by atoms with Gasteiger partial charge in [0.1, 0.15) is 5.60 Å². The van der Waals surface area contributed by atoms with Crippen LogP contribution in [0.25, 0.3) is 0 Å². The second-order valence-corrected chi connectivity index (χ2v) is 7.09. The third-order valence-corrected chi connectivity index (χ3v) is 3.70. The summed E-state index contributed by atoms with van der Waals surface area (Å²) < 4.78 is 5.29. The number of likely N-dealkylation sites (tertiary alicyclic amines) is 1. The Balaban J connectivity index is 2.60. The fourth-order valence-electron chi connectivity index (χ4n) is 2.83. The first-order valence-electron chi connectivity index (χ1n) is 8.00. The SMILES string of the molecule is CCC(O)CC1CC(NC(=O)OC(C)(C)C)CN(CC#N)C1. The summed E-state index contributed by atoms with van der Waals surface area (Å²) in [4.78, 5) is 13.9. The van der Waals surface area contributed by atoms with E-state index in [4.69, 9.17) is 10.00 Å². The molecule has 0 aromatic rings. The molecule has 1 fully saturated rings. The van der Waals surface area contributed by atoms with Crippen molar-refractivity contribution in [3.63, 3.8) is 0 Å². The van der Waals surface area contributed by atoms with Crippen molar-refractivity contribution in [1.29, 1.82) is 5.26 Å². The van der Waals surface area contributed by atoms with Gasteiger partial charge in [0.15, 0.2) is 0 Å². The van der Waals surface area contributed by atoms with Crippen LogP contribution in [-0.4, -0.2) is 53.5 Å². The lowest BCUT2D eigenvalue weighted by Gasteiger charge is -2.37. The number of hydrogen-bond donors (Lipinski definition) is 2. The van der Waals surface area contributed by atoms with Crippen LogP contribution in [-0.2, 0) is 4.74 Å². The maximum Gasteiger partial charge on any atom is 0.407 e. The van der Waals surface area contributed by atoms with Crippen LogP contribution < -0.4 is 5.32 Å². The molecule has 0 spiro atoms. The Labute approximate surface area is 133 Å². The number of aliphatic hydroxyl groups is 1. The van der Waals surface area contributed by atoms with Gasteiger partial charge in [-0.25, -0.2) is 4.79 Å². The number of hydrogen-bond acceptors (Lipinski definition) is 5. The van der Waals surface area contributed by atoms with Gasteiger partial charge in [0, 0.05) is 19.1 Å². The molecule has 3 unspecified atom stereocenters. The summed E-state index contributed by atoms with van der Waals surface area (Å²) in [6.45, 7) is 9.21.